The van der Waals surface area contributed by atoms with Crippen LogP contribution in [0.5, 0.6) is 11.5 Å². The number of nitrogens with one attached hydrogen (secondary N) is 2. The third-order valence-electron chi connectivity index (χ3n) is 4.81. The fourth-order valence-electron chi connectivity index (χ4n) is 3.34. The summed E-state index contributed by atoms with van der Waals surface area (Å²) < 4.78 is 24.7. The molecule has 1 fully saturated rings. The van der Waals surface area contributed by atoms with Crippen LogP contribution >= 0.6 is 0 Å². The molecule has 1 aliphatic rings. The first-order valence-corrected chi connectivity index (χ1v) is 9.75. The maximum absolute atomic E-state index is 14.0. The van der Waals surface area contributed by atoms with Gasteiger partial charge in [0.25, 0.3) is 0 Å². The van der Waals surface area contributed by atoms with Gasteiger partial charge in [-0.05, 0) is 37.6 Å². The molecule has 1 aliphatic heterocycles. The third-order valence-corrected chi connectivity index (χ3v) is 4.81. The average Bonchev–Trinajstić information content (AvgIpc) is 3.20. The number of hydrogen-bond donors (Lipinski definition) is 2. The summed E-state index contributed by atoms with van der Waals surface area (Å²) in [6.45, 7) is 4.65. The summed E-state index contributed by atoms with van der Waals surface area (Å²) in [5.41, 5.74) is 0.967. The van der Waals surface area contributed by atoms with Crippen LogP contribution in [-0.2, 0) is 6.54 Å². The Balaban J connectivity index is 1.65. The van der Waals surface area contributed by atoms with Crippen LogP contribution in [0, 0.1) is 5.82 Å². The van der Waals surface area contributed by atoms with E-state index in [0.717, 1.165) is 42.5 Å². The molecule has 0 saturated carbocycles. The first kappa shape index (κ1) is 20.7. The van der Waals surface area contributed by atoms with Crippen LogP contribution in [0.1, 0.15) is 18.9 Å². The molecule has 0 spiro atoms. The molecule has 1 unspecified atom stereocenters. The molecule has 2 N–H and O–H groups in total. The summed E-state index contributed by atoms with van der Waals surface area (Å²) in [4.78, 5) is 10.8. The van der Waals surface area contributed by atoms with Gasteiger partial charge in [-0.3, -0.25) is 0 Å². The van der Waals surface area contributed by atoms with Crippen molar-refractivity contribution in [1.29, 1.82) is 0 Å². The zero-order valence-electron chi connectivity index (χ0n) is 17.1. The van der Waals surface area contributed by atoms with E-state index in [9.17, 15) is 4.39 Å². The van der Waals surface area contributed by atoms with Crippen molar-refractivity contribution in [1.82, 2.24) is 15.6 Å². The van der Waals surface area contributed by atoms with Crippen molar-refractivity contribution in [3.63, 3.8) is 0 Å². The van der Waals surface area contributed by atoms with Gasteiger partial charge < -0.3 is 25.0 Å². The molecule has 0 bridgehead atoms. The van der Waals surface area contributed by atoms with E-state index >= 15 is 0 Å². The summed E-state index contributed by atoms with van der Waals surface area (Å²) in [6, 6.07) is 8.90. The molecule has 1 aromatic carbocycles. The SMILES string of the molecule is CCNC(=NCc1ccc(OC)cc1OC)NC1CCN(c2ncccc2F)C1. The molecular formula is C21H28FN5O2. The quantitative estimate of drug-likeness (QED) is 0.549. The molecule has 8 heteroatoms. The van der Waals surface area contributed by atoms with Crippen molar-refractivity contribution in [3.8, 4) is 11.5 Å². The highest BCUT2D eigenvalue weighted by atomic mass is 19.1. The van der Waals surface area contributed by atoms with Gasteiger partial charge in [-0.1, -0.05) is 0 Å². The number of methoxy groups -OCH3 is 2. The number of aliphatic imine (C=N–C) groups is 1. The molecular weight excluding hydrogens is 373 g/mol. The second-order valence-electron chi connectivity index (χ2n) is 6.76. The van der Waals surface area contributed by atoms with Gasteiger partial charge in [-0.2, -0.15) is 0 Å². The Bertz CT molecular complexity index is 846. The van der Waals surface area contributed by atoms with Crippen LogP contribution in [0.15, 0.2) is 41.5 Å². The zero-order chi connectivity index (χ0) is 20.6. The summed E-state index contributed by atoms with van der Waals surface area (Å²) in [6.07, 6.45) is 2.50. The minimum atomic E-state index is -0.291. The van der Waals surface area contributed by atoms with E-state index in [1.165, 1.54) is 6.07 Å². The smallest absolute Gasteiger partial charge is 0.191 e. The number of ether oxygens (including phenoxy) is 2. The van der Waals surface area contributed by atoms with Crippen molar-refractivity contribution in [2.24, 2.45) is 4.99 Å². The number of nitrogens with zero attached hydrogens (tertiary/aromatic N) is 3. The number of benzene rings is 1. The summed E-state index contributed by atoms with van der Waals surface area (Å²) >= 11 is 0. The van der Waals surface area contributed by atoms with Crippen LogP contribution in [0.25, 0.3) is 0 Å². The molecule has 3 rings (SSSR count). The Morgan fingerprint density at radius 3 is 2.90 bits per heavy atom. The van der Waals surface area contributed by atoms with Crippen molar-refractivity contribution in [2.45, 2.75) is 25.9 Å². The monoisotopic (exact) mass is 401 g/mol. The van der Waals surface area contributed by atoms with Gasteiger partial charge in [-0.25, -0.2) is 14.4 Å². The third kappa shape index (κ3) is 5.28. The molecule has 1 atom stereocenters. The fraction of sp³-hybridized carbons (Fsp3) is 0.429. The highest BCUT2D eigenvalue weighted by Gasteiger charge is 2.25. The van der Waals surface area contributed by atoms with E-state index in [0.29, 0.717) is 18.9 Å². The lowest BCUT2D eigenvalue weighted by molar-refractivity contribution is 0.391. The number of anilines is 1. The lowest BCUT2D eigenvalue weighted by Gasteiger charge is -2.20. The second kappa shape index (κ2) is 9.95. The van der Waals surface area contributed by atoms with E-state index in [2.05, 4.69) is 15.6 Å². The Morgan fingerprint density at radius 1 is 1.31 bits per heavy atom. The van der Waals surface area contributed by atoms with E-state index < -0.39 is 0 Å². The number of halogens is 1. The predicted octanol–water partition coefficient (Wildman–Crippen LogP) is 2.57. The van der Waals surface area contributed by atoms with Crippen LogP contribution in [0.4, 0.5) is 10.2 Å². The van der Waals surface area contributed by atoms with Gasteiger partial charge in [-0.15, -0.1) is 0 Å². The number of pyridine rings is 1. The molecule has 2 aromatic rings. The second-order valence-corrected chi connectivity index (χ2v) is 6.76. The molecule has 1 aromatic heterocycles. The van der Waals surface area contributed by atoms with Crippen LogP contribution in [0.2, 0.25) is 0 Å². The first-order chi connectivity index (χ1) is 14.1. The number of aromatic nitrogens is 1. The van der Waals surface area contributed by atoms with Crippen molar-refractivity contribution in [2.75, 3.05) is 38.8 Å². The largest absolute Gasteiger partial charge is 0.497 e. The van der Waals surface area contributed by atoms with E-state index in [1.54, 1.807) is 26.5 Å². The molecule has 2 heterocycles. The highest BCUT2D eigenvalue weighted by molar-refractivity contribution is 5.80. The molecule has 1 saturated heterocycles. The Morgan fingerprint density at radius 2 is 2.17 bits per heavy atom. The molecule has 7 nitrogen and oxygen atoms in total. The Labute approximate surface area is 170 Å². The van der Waals surface area contributed by atoms with Crippen molar-refractivity contribution < 1.29 is 13.9 Å². The molecule has 0 aliphatic carbocycles. The summed E-state index contributed by atoms with van der Waals surface area (Å²) in [5, 5.41) is 6.72. The van der Waals surface area contributed by atoms with Gasteiger partial charge >= 0.3 is 0 Å². The Hall–Kier alpha value is -3.03. The van der Waals surface area contributed by atoms with Gasteiger partial charge in [0.05, 0.1) is 20.8 Å². The maximum atomic E-state index is 14.0. The highest BCUT2D eigenvalue weighted by Crippen LogP contribution is 2.25. The maximum Gasteiger partial charge on any atom is 0.191 e. The summed E-state index contributed by atoms with van der Waals surface area (Å²) in [5.74, 6) is 2.31. The fourth-order valence-corrected chi connectivity index (χ4v) is 3.34. The summed E-state index contributed by atoms with van der Waals surface area (Å²) in [7, 11) is 3.26. The van der Waals surface area contributed by atoms with Gasteiger partial charge in [0.2, 0.25) is 0 Å². The topological polar surface area (TPSA) is 71.0 Å². The van der Waals surface area contributed by atoms with E-state index in [1.807, 2.05) is 30.0 Å². The Kier molecular flexibility index (Phi) is 7.10. The first-order valence-electron chi connectivity index (χ1n) is 9.75. The minimum absolute atomic E-state index is 0.159. The normalized spacial score (nSPS) is 16.6. The van der Waals surface area contributed by atoms with Gasteiger partial charge in [0.15, 0.2) is 17.6 Å². The number of rotatable bonds is 7. The molecule has 156 valence electrons. The van der Waals surface area contributed by atoms with E-state index in [4.69, 9.17) is 14.5 Å². The standard InChI is InChI=1S/C21H28FN5O2/c1-4-23-21(25-13-15-7-8-17(28-2)12-19(15)29-3)26-16-9-11-27(14-16)20-18(22)6-5-10-24-20/h5-8,10,12,16H,4,9,11,13-14H2,1-3H3,(H2,23,25,26). The number of hydrogen-bond acceptors (Lipinski definition) is 5. The lowest BCUT2D eigenvalue weighted by Crippen LogP contribution is -2.44. The van der Waals surface area contributed by atoms with Gasteiger partial charge in [0, 0.05) is 43.5 Å². The van der Waals surface area contributed by atoms with Crippen LogP contribution in [0.3, 0.4) is 0 Å². The molecule has 0 radical (unpaired) electrons. The zero-order valence-corrected chi connectivity index (χ0v) is 17.1. The molecule has 0 amide bonds. The van der Waals surface area contributed by atoms with Crippen LogP contribution < -0.4 is 25.0 Å². The molecule has 29 heavy (non-hydrogen) atoms. The van der Waals surface area contributed by atoms with Crippen molar-refractivity contribution >= 4 is 11.8 Å². The average molecular weight is 401 g/mol. The minimum Gasteiger partial charge on any atom is -0.497 e. The van der Waals surface area contributed by atoms with E-state index in [-0.39, 0.29) is 11.9 Å². The van der Waals surface area contributed by atoms with Crippen LogP contribution in [-0.4, -0.2) is 50.8 Å². The number of guanidine groups is 1. The lowest BCUT2D eigenvalue weighted by atomic mass is 10.2. The van der Waals surface area contributed by atoms with Crippen molar-refractivity contribution in [3.05, 3.63) is 47.9 Å². The predicted molar refractivity (Wildman–Crippen MR) is 112 cm³/mol. The van der Waals surface area contributed by atoms with Gasteiger partial charge in [0.1, 0.15) is 11.5 Å².